The second-order valence-electron chi connectivity index (χ2n) is 13.5. The Morgan fingerprint density at radius 3 is 1.28 bits per heavy atom. The van der Waals surface area contributed by atoms with Crippen LogP contribution >= 0.6 is 15.8 Å². The van der Waals surface area contributed by atoms with E-state index < -0.39 is 15.8 Å². The maximum Gasteiger partial charge on any atom is 0.00982 e. The summed E-state index contributed by atoms with van der Waals surface area (Å²) in [5.74, 6) is 0.313. The molecule has 1 aliphatic carbocycles. The van der Waals surface area contributed by atoms with Gasteiger partial charge in [0.1, 0.15) is 0 Å². The Morgan fingerprint density at radius 1 is 0.468 bits per heavy atom. The minimum atomic E-state index is -0.791. The SMILES string of the molecule is Cc1cccc(C)c1P(c1ccccc1C1=CC=CC1[C@@H](C)P(c1c(C)cccc1C)c1c(C)cccc1C)c1c(C)cccc1C. The molecule has 47 heavy (non-hydrogen) atoms. The molecule has 0 bridgehead atoms. The van der Waals surface area contributed by atoms with Crippen LogP contribution in [0.3, 0.4) is 0 Å². The average molecular weight is 651 g/mol. The van der Waals surface area contributed by atoms with Gasteiger partial charge in [-0.05, 0) is 159 Å². The molecule has 0 saturated heterocycles. The van der Waals surface area contributed by atoms with Crippen LogP contribution in [0.5, 0.6) is 0 Å². The summed E-state index contributed by atoms with van der Waals surface area (Å²) in [6.07, 6.45) is 7.25. The van der Waals surface area contributed by atoms with Crippen LogP contribution in [0.4, 0.5) is 0 Å². The monoisotopic (exact) mass is 650 g/mol. The van der Waals surface area contributed by atoms with Crippen molar-refractivity contribution in [1.82, 2.24) is 0 Å². The smallest absolute Gasteiger partial charge is 0.00982 e. The van der Waals surface area contributed by atoms with Crippen LogP contribution < -0.4 is 26.5 Å². The van der Waals surface area contributed by atoms with Crippen LogP contribution in [-0.4, -0.2) is 5.66 Å². The topological polar surface area (TPSA) is 0 Å². The predicted octanol–water partition coefficient (Wildman–Crippen LogP) is 10.0. The second kappa shape index (κ2) is 13.9. The van der Waals surface area contributed by atoms with E-state index in [-0.39, 0.29) is 0 Å². The Labute approximate surface area is 286 Å². The van der Waals surface area contributed by atoms with Gasteiger partial charge >= 0.3 is 0 Å². The molecule has 0 nitrogen and oxygen atoms in total. The second-order valence-corrected chi connectivity index (χ2v) is 18.0. The Bertz CT molecular complexity index is 1830. The lowest BCUT2D eigenvalue weighted by molar-refractivity contribution is 0.816. The summed E-state index contributed by atoms with van der Waals surface area (Å²) in [7, 11) is -1.43. The van der Waals surface area contributed by atoms with Crippen molar-refractivity contribution in [2.24, 2.45) is 5.92 Å². The fourth-order valence-corrected chi connectivity index (χ4v) is 14.3. The van der Waals surface area contributed by atoms with E-state index in [0.29, 0.717) is 11.6 Å². The first-order chi connectivity index (χ1) is 22.6. The van der Waals surface area contributed by atoms with Gasteiger partial charge in [-0.1, -0.05) is 122 Å². The van der Waals surface area contributed by atoms with Crippen LogP contribution in [0.25, 0.3) is 5.57 Å². The predicted molar refractivity (Wildman–Crippen MR) is 212 cm³/mol. The molecule has 1 unspecified atom stereocenters. The molecule has 0 fully saturated rings. The molecule has 238 valence electrons. The van der Waals surface area contributed by atoms with E-state index in [9.17, 15) is 0 Å². The van der Waals surface area contributed by atoms with Crippen LogP contribution in [-0.2, 0) is 0 Å². The highest BCUT2D eigenvalue weighted by Gasteiger charge is 2.35. The Kier molecular flexibility index (Phi) is 9.85. The van der Waals surface area contributed by atoms with E-state index >= 15 is 0 Å². The van der Waals surface area contributed by atoms with E-state index in [4.69, 9.17) is 0 Å². The number of aryl methyl sites for hydroxylation is 8. The van der Waals surface area contributed by atoms with Crippen molar-refractivity contribution < 1.29 is 0 Å². The summed E-state index contributed by atoms with van der Waals surface area (Å²) in [5.41, 5.74) is 14.4. The lowest BCUT2D eigenvalue weighted by Crippen LogP contribution is -2.32. The number of rotatable bonds is 8. The molecule has 0 aromatic heterocycles. The minimum absolute atomic E-state index is 0.313. The van der Waals surface area contributed by atoms with Crippen molar-refractivity contribution in [2.75, 3.05) is 0 Å². The Morgan fingerprint density at radius 2 is 0.851 bits per heavy atom. The van der Waals surface area contributed by atoms with Gasteiger partial charge in [0.05, 0.1) is 0 Å². The van der Waals surface area contributed by atoms with Crippen LogP contribution in [0.2, 0.25) is 0 Å². The van der Waals surface area contributed by atoms with Crippen LogP contribution in [0, 0.1) is 61.3 Å². The van der Waals surface area contributed by atoms with Gasteiger partial charge in [-0.25, -0.2) is 0 Å². The summed E-state index contributed by atoms with van der Waals surface area (Å²) in [6.45, 7) is 21.0. The minimum Gasteiger partial charge on any atom is -0.0763 e. The number of allylic oxidation sites excluding steroid dienone is 4. The Hall–Kier alpha value is -3.56. The quantitative estimate of drug-likeness (QED) is 0.147. The van der Waals surface area contributed by atoms with Crippen molar-refractivity contribution in [3.63, 3.8) is 0 Å². The van der Waals surface area contributed by atoms with E-state index in [1.54, 1.807) is 10.6 Å². The molecule has 0 amide bonds. The Balaban J connectivity index is 1.55. The zero-order valence-electron chi connectivity index (χ0n) is 29.5. The van der Waals surface area contributed by atoms with Crippen LogP contribution in [0.15, 0.2) is 115 Å². The molecule has 5 aromatic carbocycles. The normalized spacial score (nSPS) is 15.0. The summed E-state index contributed by atoms with van der Waals surface area (Å²) in [5, 5.41) is 7.56. The van der Waals surface area contributed by atoms with Gasteiger partial charge in [0.25, 0.3) is 0 Å². The molecular weight excluding hydrogens is 602 g/mol. The van der Waals surface area contributed by atoms with Crippen LogP contribution in [0.1, 0.15) is 57.0 Å². The zero-order chi connectivity index (χ0) is 33.4. The summed E-state index contributed by atoms with van der Waals surface area (Å²) < 4.78 is 0. The fourth-order valence-electron chi connectivity index (χ4n) is 7.82. The molecule has 0 radical (unpaired) electrons. The van der Waals surface area contributed by atoms with Gasteiger partial charge < -0.3 is 0 Å². The highest BCUT2D eigenvalue weighted by atomic mass is 31.1. The molecule has 0 saturated carbocycles. The molecule has 0 N–H and O–H groups in total. The van der Waals surface area contributed by atoms with Crippen molar-refractivity contribution >= 4 is 47.9 Å². The lowest BCUT2D eigenvalue weighted by atomic mass is 9.93. The summed E-state index contributed by atoms with van der Waals surface area (Å²) >= 11 is 0. The van der Waals surface area contributed by atoms with Crippen molar-refractivity contribution in [3.05, 3.63) is 165 Å². The maximum absolute atomic E-state index is 2.53. The first kappa shape index (κ1) is 33.3. The molecule has 2 atom stereocenters. The lowest BCUT2D eigenvalue weighted by Gasteiger charge is -2.36. The van der Waals surface area contributed by atoms with Crippen molar-refractivity contribution in [3.8, 4) is 0 Å². The third kappa shape index (κ3) is 6.24. The zero-order valence-corrected chi connectivity index (χ0v) is 31.3. The van der Waals surface area contributed by atoms with Crippen molar-refractivity contribution in [1.29, 1.82) is 0 Å². The third-order valence-corrected chi connectivity index (χ3v) is 16.7. The fraction of sp³-hybridized carbons (Fsp3) is 0.244. The number of benzene rings is 5. The van der Waals surface area contributed by atoms with Gasteiger partial charge in [0.15, 0.2) is 0 Å². The number of hydrogen-bond acceptors (Lipinski definition) is 0. The molecule has 0 heterocycles. The molecule has 6 rings (SSSR count). The molecule has 0 spiro atoms. The molecular formula is C45H48P2. The van der Waals surface area contributed by atoms with E-state index in [1.165, 1.54) is 71.6 Å². The maximum atomic E-state index is 2.53. The first-order valence-electron chi connectivity index (χ1n) is 16.9. The van der Waals surface area contributed by atoms with Gasteiger partial charge in [-0.3, -0.25) is 0 Å². The number of hydrogen-bond donors (Lipinski definition) is 0. The van der Waals surface area contributed by atoms with Gasteiger partial charge in [0.2, 0.25) is 0 Å². The highest BCUT2D eigenvalue weighted by Crippen LogP contribution is 2.51. The molecule has 2 heteroatoms. The largest absolute Gasteiger partial charge is 0.0763 e. The van der Waals surface area contributed by atoms with Gasteiger partial charge in [-0.15, -0.1) is 0 Å². The first-order valence-corrected chi connectivity index (χ1v) is 19.7. The van der Waals surface area contributed by atoms with Gasteiger partial charge in [0, 0.05) is 5.92 Å². The molecule has 5 aromatic rings. The van der Waals surface area contributed by atoms with E-state index in [0.717, 1.165) is 0 Å². The standard InChI is InChI=1S/C45H48P2/c1-29-17-12-18-30(2)42(29)46(43-31(3)19-13-20-32(43)4)37(9)38-26-16-27-39(38)40-25-10-11-28-41(40)47(44-33(5)21-14-22-34(44)6)45-35(7)23-15-24-36(45)8/h10-28,37-38H,1-9H3/t37-,38?/m1/s1. The summed E-state index contributed by atoms with van der Waals surface area (Å²) in [4.78, 5) is 0. The highest BCUT2D eigenvalue weighted by molar-refractivity contribution is 7.80. The van der Waals surface area contributed by atoms with Crippen molar-refractivity contribution in [2.45, 2.75) is 68.0 Å². The molecule has 0 aliphatic heterocycles. The summed E-state index contributed by atoms with van der Waals surface area (Å²) in [6, 6.07) is 36.7. The third-order valence-electron chi connectivity index (χ3n) is 10.0. The van der Waals surface area contributed by atoms with Gasteiger partial charge in [-0.2, -0.15) is 0 Å². The molecule has 1 aliphatic rings. The van der Waals surface area contributed by atoms with E-state index in [2.05, 4.69) is 178 Å². The average Bonchev–Trinajstić information content (AvgIpc) is 3.52. The van der Waals surface area contributed by atoms with E-state index in [1.807, 2.05) is 0 Å².